The van der Waals surface area contributed by atoms with Gasteiger partial charge in [-0.2, -0.15) is 0 Å². The first-order valence-corrected chi connectivity index (χ1v) is 10.7. The quantitative estimate of drug-likeness (QED) is 0.642. The van der Waals surface area contributed by atoms with Crippen molar-refractivity contribution in [3.8, 4) is 17.0 Å². The Balaban J connectivity index is 1.40. The van der Waals surface area contributed by atoms with Crippen LogP contribution in [0.15, 0.2) is 60.0 Å². The van der Waals surface area contributed by atoms with Crippen molar-refractivity contribution in [3.63, 3.8) is 0 Å². The number of methoxy groups -OCH3 is 1. The molecule has 1 saturated heterocycles. The molecule has 1 aliphatic rings. The van der Waals surface area contributed by atoms with Crippen LogP contribution in [0, 0.1) is 5.92 Å². The summed E-state index contributed by atoms with van der Waals surface area (Å²) in [6.45, 7) is 2.41. The molecule has 1 N–H and O–H groups in total. The van der Waals surface area contributed by atoms with Gasteiger partial charge in [0.2, 0.25) is 11.8 Å². The van der Waals surface area contributed by atoms with E-state index in [-0.39, 0.29) is 30.2 Å². The van der Waals surface area contributed by atoms with Gasteiger partial charge in [0.25, 0.3) is 0 Å². The summed E-state index contributed by atoms with van der Waals surface area (Å²) in [6, 6.07) is 17.4. The molecule has 0 unspecified atom stereocenters. The van der Waals surface area contributed by atoms with Crippen LogP contribution >= 0.6 is 11.3 Å². The van der Waals surface area contributed by atoms with Crippen molar-refractivity contribution in [2.24, 2.45) is 5.92 Å². The molecule has 30 heavy (non-hydrogen) atoms. The molecule has 2 amide bonds. The second-order valence-electron chi connectivity index (χ2n) is 7.29. The van der Waals surface area contributed by atoms with Crippen molar-refractivity contribution in [2.45, 2.75) is 19.4 Å². The fourth-order valence-electron chi connectivity index (χ4n) is 3.63. The van der Waals surface area contributed by atoms with E-state index < -0.39 is 0 Å². The van der Waals surface area contributed by atoms with Gasteiger partial charge in [0.15, 0.2) is 5.13 Å². The number of hydrogen-bond acceptors (Lipinski definition) is 5. The van der Waals surface area contributed by atoms with Gasteiger partial charge in [-0.3, -0.25) is 9.59 Å². The molecule has 0 saturated carbocycles. The average Bonchev–Trinajstić information content (AvgIpc) is 3.40. The van der Waals surface area contributed by atoms with Crippen molar-refractivity contribution in [1.29, 1.82) is 0 Å². The number of likely N-dealkylation sites (tertiary alicyclic amines) is 1. The van der Waals surface area contributed by atoms with Gasteiger partial charge in [0.05, 0.1) is 24.8 Å². The number of anilines is 1. The normalized spacial score (nSPS) is 17.1. The first-order chi connectivity index (χ1) is 14.5. The Hall–Kier alpha value is -3.19. The topological polar surface area (TPSA) is 71.5 Å². The van der Waals surface area contributed by atoms with E-state index in [1.54, 1.807) is 12.0 Å². The predicted molar refractivity (Wildman–Crippen MR) is 117 cm³/mol. The van der Waals surface area contributed by atoms with Gasteiger partial charge in [0.1, 0.15) is 5.75 Å². The van der Waals surface area contributed by atoms with Crippen molar-refractivity contribution >= 4 is 28.3 Å². The molecule has 2 aromatic carbocycles. The summed E-state index contributed by atoms with van der Waals surface area (Å²) in [7, 11) is 1.63. The van der Waals surface area contributed by atoms with Crippen molar-refractivity contribution < 1.29 is 14.3 Å². The molecule has 3 aromatic rings. The lowest BCUT2D eigenvalue weighted by molar-refractivity contribution is -0.129. The number of carbonyl (C=O) groups excluding carboxylic acids is 2. The van der Waals surface area contributed by atoms with Crippen LogP contribution in [0.25, 0.3) is 11.3 Å². The van der Waals surface area contributed by atoms with Crippen LogP contribution in [-0.2, 0) is 9.59 Å². The fraction of sp³-hybridized carbons (Fsp3) is 0.261. The molecule has 0 spiro atoms. The smallest absolute Gasteiger partial charge is 0.231 e. The molecule has 6 nitrogen and oxygen atoms in total. The number of rotatable bonds is 6. The number of aromatic nitrogens is 1. The standard InChI is InChI=1S/C23H23N3O3S/c1-15(16-6-4-3-5-7-16)26-13-18(12-21(26)27)22(28)25-23-24-20(14-30-23)17-8-10-19(29-2)11-9-17/h3-11,14-15,18H,12-13H2,1-2H3,(H,24,25,28)/t15-,18-/m1/s1. The number of carbonyl (C=O) groups is 2. The lowest BCUT2D eigenvalue weighted by Crippen LogP contribution is -2.30. The molecule has 2 heterocycles. The third-order valence-corrected chi connectivity index (χ3v) is 6.16. The summed E-state index contributed by atoms with van der Waals surface area (Å²) >= 11 is 1.37. The fourth-order valence-corrected chi connectivity index (χ4v) is 4.35. The Kier molecular flexibility index (Phi) is 5.81. The number of nitrogens with one attached hydrogen (secondary N) is 1. The summed E-state index contributed by atoms with van der Waals surface area (Å²) in [6.07, 6.45) is 0.222. The Morgan fingerprint density at radius 1 is 1.20 bits per heavy atom. The highest BCUT2D eigenvalue weighted by Crippen LogP contribution is 2.30. The predicted octanol–water partition coefficient (Wildman–Crippen LogP) is 4.37. The number of amides is 2. The van der Waals surface area contributed by atoms with Gasteiger partial charge in [-0.05, 0) is 36.8 Å². The van der Waals surface area contributed by atoms with E-state index in [9.17, 15) is 9.59 Å². The lowest BCUT2D eigenvalue weighted by atomic mass is 10.1. The minimum atomic E-state index is -0.378. The molecule has 0 aliphatic carbocycles. The molecule has 154 valence electrons. The minimum Gasteiger partial charge on any atom is -0.497 e. The highest BCUT2D eigenvalue weighted by atomic mass is 32.1. The third kappa shape index (κ3) is 4.21. The van der Waals surface area contributed by atoms with E-state index in [2.05, 4.69) is 10.3 Å². The number of thiazole rings is 1. The van der Waals surface area contributed by atoms with Gasteiger partial charge in [-0.15, -0.1) is 11.3 Å². The first kappa shape index (κ1) is 20.1. The second-order valence-corrected chi connectivity index (χ2v) is 8.15. The van der Waals surface area contributed by atoms with Crippen LogP contribution < -0.4 is 10.1 Å². The summed E-state index contributed by atoms with van der Waals surface area (Å²) < 4.78 is 5.18. The number of benzene rings is 2. The zero-order valence-electron chi connectivity index (χ0n) is 16.9. The molecule has 1 aliphatic heterocycles. The summed E-state index contributed by atoms with van der Waals surface area (Å²) in [5, 5.41) is 5.32. The Labute approximate surface area is 179 Å². The van der Waals surface area contributed by atoms with Gasteiger partial charge >= 0.3 is 0 Å². The molecular weight excluding hydrogens is 398 g/mol. The Bertz CT molecular complexity index is 1030. The van der Waals surface area contributed by atoms with E-state index in [1.807, 2.05) is 66.9 Å². The maximum atomic E-state index is 12.8. The van der Waals surface area contributed by atoms with Crippen LogP contribution in [0.1, 0.15) is 24.9 Å². The monoisotopic (exact) mass is 421 g/mol. The molecular formula is C23H23N3O3S. The number of hydrogen-bond donors (Lipinski definition) is 1. The second kappa shape index (κ2) is 8.67. The lowest BCUT2D eigenvalue weighted by Gasteiger charge is -2.25. The van der Waals surface area contributed by atoms with Crippen molar-refractivity contribution in [2.75, 3.05) is 19.0 Å². The minimum absolute atomic E-state index is 0.00423. The van der Waals surface area contributed by atoms with Gasteiger partial charge in [-0.1, -0.05) is 30.3 Å². The average molecular weight is 422 g/mol. The molecule has 7 heteroatoms. The Morgan fingerprint density at radius 2 is 1.93 bits per heavy atom. The van der Waals surface area contributed by atoms with Crippen LogP contribution in [-0.4, -0.2) is 35.4 Å². The number of ether oxygens (including phenoxy) is 1. The van der Waals surface area contributed by atoms with E-state index in [0.717, 1.165) is 22.6 Å². The molecule has 1 aromatic heterocycles. The zero-order valence-corrected chi connectivity index (χ0v) is 17.7. The van der Waals surface area contributed by atoms with Crippen molar-refractivity contribution in [1.82, 2.24) is 9.88 Å². The highest BCUT2D eigenvalue weighted by molar-refractivity contribution is 7.14. The van der Waals surface area contributed by atoms with E-state index in [4.69, 9.17) is 4.74 Å². The highest BCUT2D eigenvalue weighted by Gasteiger charge is 2.37. The summed E-state index contributed by atoms with van der Waals surface area (Å²) in [4.78, 5) is 31.6. The summed E-state index contributed by atoms with van der Waals surface area (Å²) in [5.41, 5.74) is 2.81. The maximum absolute atomic E-state index is 12.8. The molecule has 0 bridgehead atoms. The van der Waals surface area contributed by atoms with Gasteiger partial charge < -0.3 is 15.0 Å². The molecule has 4 rings (SSSR count). The molecule has 1 fully saturated rings. The third-order valence-electron chi connectivity index (χ3n) is 5.40. The van der Waals surface area contributed by atoms with Gasteiger partial charge in [-0.25, -0.2) is 4.98 Å². The van der Waals surface area contributed by atoms with Crippen LogP contribution in [0.4, 0.5) is 5.13 Å². The van der Waals surface area contributed by atoms with Crippen LogP contribution in [0.3, 0.4) is 0 Å². The van der Waals surface area contributed by atoms with E-state index in [1.165, 1.54) is 11.3 Å². The maximum Gasteiger partial charge on any atom is 0.231 e. The molecule has 0 radical (unpaired) electrons. The SMILES string of the molecule is COc1ccc(-c2csc(NC(=O)[C@@H]3CC(=O)N([C@H](C)c4ccccc4)C3)n2)cc1. The summed E-state index contributed by atoms with van der Waals surface area (Å²) in [5.74, 6) is 0.242. The van der Waals surface area contributed by atoms with Crippen LogP contribution in [0.5, 0.6) is 5.75 Å². The van der Waals surface area contributed by atoms with E-state index >= 15 is 0 Å². The van der Waals surface area contributed by atoms with E-state index in [0.29, 0.717) is 11.7 Å². The van der Waals surface area contributed by atoms with Crippen LogP contribution in [0.2, 0.25) is 0 Å². The number of nitrogens with zero attached hydrogens (tertiary/aromatic N) is 2. The zero-order chi connectivity index (χ0) is 21.1. The van der Waals surface area contributed by atoms with Gasteiger partial charge in [0, 0.05) is 23.9 Å². The first-order valence-electron chi connectivity index (χ1n) is 9.80. The van der Waals surface area contributed by atoms with Crippen molar-refractivity contribution in [3.05, 3.63) is 65.5 Å². The Morgan fingerprint density at radius 3 is 2.63 bits per heavy atom. The molecule has 2 atom stereocenters. The largest absolute Gasteiger partial charge is 0.497 e.